The van der Waals surface area contributed by atoms with Crippen LogP contribution < -0.4 is 11.2 Å². The Morgan fingerprint density at radius 1 is 1.38 bits per heavy atom. The van der Waals surface area contributed by atoms with Gasteiger partial charge in [-0.1, -0.05) is 12.1 Å². The number of benzene rings is 1. The molecule has 2 N–H and O–H groups in total. The number of aromatic hydroxyl groups is 1. The summed E-state index contributed by atoms with van der Waals surface area (Å²) in [6, 6.07) is 6.82. The molecular weight excluding hydrogens is 274 g/mol. The van der Waals surface area contributed by atoms with Gasteiger partial charge < -0.3 is 5.11 Å². The Morgan fingerprint density at radius 3 is 2.71 bits per heavy atom. The number of carbonyl (C=O) groups excluding carboxylic acids is 1. The first kappa shape index (κ1) is 14.4. The van der Waals surface area contributed by atoms with Crippen molar-refractivity contribution < 1.29 is 9.90 Å². The molecule has 0 bridgehead atoms. The molecule has 1 amide bonds. The Hall–Kier alpha value is -2.96. The number of rotatable bonds is 2. The summed E-state index contributed by atoms with van der Waals surface area (Å²) < 4.78 is 0.940. The lowest BCUT2D eigenvalue weighted by atomic mass is 10.2. The molecule has 7 nitrogen and oxygen atoms in total. The van der Waals surface area contributed by atoms with Gasteiger partial charge in [0.25, 0.3) is 5.56 Å². The third-order valence-corrected chi connectivity index (χ3v) is 2.76. The third kappa shape index (κ3) is 2.97. The van der Waals surface area contributed by atoms with Gasteiger partial charge in [0.05, 0.1) is 5.69 Å². The van der Waals surface area contributed by atoms with E-state index in [-0.39, 0.29) is 5.56 Å². The summed E-state index contributed by atoms with van der Waals surface area (Å²) in [4.78, 5) is 40.0. The minimum Gasteiger partial charge on any atom is -0.493 e. The number of carbonyl (C=O) groups is 1. The number of aryl methyl sites for hydroxylation is 1. The van der Waals surface area contributed by atoms with Gasteiger partial charge in [-0.2, -0.15) is 0 Å². The highest BCUT2D eigenvalue weighted by atomic mass is 16.3. The van der Waals surface area contributed by atoms with E-state index in [0.717, 1.165) is 16.3 Å². The Labute approximate surface area is 119 Å². The SMILES string of the molecule is CC(=O)N=Cc1c(O)n(-c2cccc(C)c2)c(=O)[nH]c1=O. The quantitative estimate of drug-likeness (QED) is 0.785. The van der Waals surface area contributed by atoms with Gasteiger partial charge in [-0.3, -0.25) is 14.6 Å². The van der Waals surface area contributed by atoms with Crippen LogP contribution in [0.2, 0.25) is 0 Å². The number of aromatic amines is 1. The molecule has 0 spiro atoms. The number of hydrogen-bond donors (Lipinski definition) is 2. The Kier molecular flexibility index (Phi) is 3.84. The van der Waals surface area contributed by atoms with Crippen molar-refractivity contribution in [2.75, 3.05) is 0 Å². The van der Waals surface area contributed by atoms with Crippen LogP contribution in [0.5, 0.6) is 5.88 Å². The summed E-state index contributed by atoms with van der Waals surface area (Å²) in [5.41, 5.74) is -0.573. The first-order valence-corrected chi connectivity index (χ1v) is 6.10. The zero-order valence-electron chi connectivity index (χ0n) is 11.5. The molecule has 0 saturated carbocycles. The van der Waals surface area contributed by atoms with E-state index in [1.165, 1.54) is 6.92 Å². The number of nitrogens with zero attached hydrogens (tertiary/aromatic N) is 2. The largest absolute Gasteiger partial charge is 0.493 e. The van der Waals surface area contributed by atoms with E-state index in [4.69, 9.17) is 0 Å². The van der Waals surface area contributed by atoms with Crippen LogP contribution in [-0.2, 0) is 4.79 Å². The zero-order valence-corrected chi connectivity index (χ0v) is 11.5. The monoisotopic (exact) mass is 287 g/mol. The molecule has 1 aromatic carbocycles. The lowest BCUT2D eigenvalue weighted by molar-refractivity contribution is -0.115. The summed E-state index contributed by atoms with van der Waals surface area (Å²) in [6.45, 7) is 3.04. The number of nitrogens with one attached hydrogen (secondary N) is 1. The molecule has 0 unspecified atom stereocenters. The van der Waals surface area contributed by atoms with Gasteiger partial charge in [0.15, 0.2) is 0 Å². The van der Waals surface area contributed by atoms with Gasteiger partial charge in [-0.05, 0) is 24.6 Å². The summed E-state index contributed by atoms with van der Waals surface area (Å²) in [5, 5.41) is 10.1. The van der Waals surface area contributed by atoms with Crippen LogP contribution in [0.1, 0.15) is 18.1 Å². The molecule has 1 heterocycles. The molecule has 0 aliphatic rings. The summed E-state index contributed by atoms with van der Waals surface area (Å²) >= 11 is 0. The van der Waals surface area contributed by atoms with Crippen LogP contribution in [0.3, 0.4) is 0 Å². The van der Waals surface area contributed by atoms with Crippen molar-refractivity contribution in [1.82, 2.24) is 9.55 Å². The van der Waals surface area contributed by atoms with Crippen LogP contribution in [0.15, 0.2) is 38.8 Å². The predicted octanol–water partition coefficient (Wildman–Crippen LogP) is 0.505. The average molecular weight is 287 g/mol. The van der Waals surface area contributed by atoms with E-state index in [1.54, 1.807) is 18.2 Å². The second-order valence-corrected chi connectivity index (χ2v) is 4.45. The molecule has 2 rings (SSSR count). The topological polar surface area (TPSA) is 105 Å². The van der Waals surface area contributed by atoms with Crippen LogP contribution in [0.4, 0.5) is 0 Å². The lowest BCUT2D eigenvalue weighted by Crippen LogP contribution is -2.31. The van der Waals surface area contributed by atoms with E-state index in [2.05, 4.69) is 9.98 Å². The van der Waals surface area contributed by atoms with Crippen LogP contribution in [0, 0.1) is 6.92 Å². The van der Waals surface area contributed by atoms with Gasteiger partial charge >= 0.3 is 5.69 Å². The van der Waals surface area contributed by atoms with Crippen LogP contribution >= 0.6 is 0 Å². The zero-order chi connectivity index (χ0) is 15.6. The molecule has 7 heteroatoms. The molecule has 21 heavy (non-hydrogen) atoms. The Balaban J connectivity index is 2.73. The smallest absolute Gasteiger partial charge is 0.335 e. The predicted molar refractivity (Wildman–Crippen MR) is 77.3 cm³/mol. The summed E-state index contributed by atoms with van der Waals surface area (Å²) in [6.07, 6.45) is 0.933. The number of amides is 1. The Bertz CT molecular complexity index is 846. The fourth-order valence-electron chi connectivity index (χ4n) is 1.82. The summed E-state index contributed by atoms with van der Waals surface area (Å²) in [5.74, 6) is -1.10. The molecule has 0 fully saturated rings. The van der Waals surface area contributed by atoms with Crippen molar-refractivity contribution in [2.24, 2.45) is 4.99 Å². The van der Waals surface area contributed by atoms with E-state index in [0.29, 0.717) is 5.69 Å². The van der Waals surface area contributed by atoms with Crippen molar-refractivity contribution in [1.29, 1.82) is 0 Å². The summed E-state index contributed by atoms with van der Waals surface area (Å²) in [7, 11) is 0. The van der Waals surface area contributed by atoms with Crippen molar-refractivity contribution in [3.8, 4) is 11.6 Å². The van der Waals surface area contributed by atoms with Crippen molar-refractivity contribution >= 4 is 12.1 Å². The third-order valence-electron chi connectivity index (χ3n) is 2.76. The van der Waals surface area contributed by atoms with Gasteiger partial charge in [0.1, 0.15) is 5.56 Å². The van der Waals surface area contributed by atoms with E-state index >= 15 is 0 Å². The maximum atomic E-state index is 11.9. The average Bonchev–Trinajstić information content (AvgIpc) is 2.37. The highest BCUT2D eigenvalue weighted by molar-refractivity contribution is 5.91. The molecule has 2 aromatic rings. The van der Waals surface area contributed by atoms with E-state index < -0.39 is 23.0 Å². The fourth-order valence-corrected chi connectivity index (χ4v) is 1.82. The van der Waals surface area contributed by atoms with Gasteiger partial charge in [-0.15, -0.1) is 0 Å². The van der Waals surface area contributed by atoms with Crippen molar-refractivity contribution in [3.63, 3.8) is 0 Å². The lowest BCUT2D eigenvalue weighted by Gasteiger charge is -2.09. The van der Waals surface area contributed by atoms with Crippen LogP contribution in [0.25, 0.3) is 5.69 Å². The first-order valence-electron chi connectivity index (χ1n) is 6.10. The minimum absolute atomic E-state index is 0.258. The number of H-pyrrole nitrogens is 1. The molecule has 0 aliphatic carbocycles. The number of hydrogen-bond acceptors (Lipinski definition) is 4. The highest BCUT2D eigenvalue weighted by Gasteiger charge is 2.14. The van der Waals surface area contributed by atoms with E-state index in [9.17, 15) is 19.5 Å². The van der Waals surface area contributed by atoms with Crippen molar-refractivity contribution in [3.05, 3.63) is 56.2 Å². The van der Waals surface area contributed by atoms with Gasteiger partial charge in [-0.25, -0.2) is 14.4 Å². The molecule has 0 saturated heterocycles. The maximum absolute atomic E-state index is 11.9. The molecule has 1 aromatic heterocycles. The second kappa shape index (κ2) is 5.58. The minimum atomic E-state index is -0.814. The van der Waals surface area contributed by atoms with Crippen LogP contribution in [-0.4, -0.2) is 26.8 Å². The number of aliphatic imine (C=N–C) groups is 1. The molecule has 0 radical (unpaired) electrons. The highest BCUT2D eigenvalue weighted by Crippen LogP contribution is 2.16. The molecule has 108 valence electrons. The molecular formula is C14H13N3O4. The normalized spacial score (nSPS) is 11.0. The van der Waals surface area contributed by atoms with Gasteiger partial charge in [0, 0.05) is 13.1 Å². The standard InChI is InChI=1S/C14H13N3O4/c1-8-4-3-5-10(6-8)17-13(20)11(7-15-9(2)18)12(19)16-14(17)21/h3-7,20H,1-2H3,(H,16,19,21). The Morgan fingerprint density at radius 2 is 2.10 bits per heavy atom. The van der Waals surface area contributed by atoms with Crippen molar-refractivity contribution in [2.45, 2.75) is 13.8 Å². The number of aromatic nitrogens is 2. The fraction of sp³-hybridized carbons (Fsp3) is 0.143. The maximum Gasteiger partial charge on any atom is 0.335 e. The first-order chi connectivity index (χ1) is 9.90. The molecule has 0 aliphatic heterocycles. The second-order valence-electron chi connectivity index (χ2n) is 4.45. The van der Waals surface area contributed by atoms with E-state index in [1.807, 2.05) is 13.0 Å². The van der Waals surface area contributed by atoms with Gasteiger partial charge in [0.2, 0.25) is 11.8 Å². The molecule has 0 atom stereocenters.